The van der Waals surface area contributed by atoms with Gasteiger partial charge >= 0.3 is 11.5 Å². The molecule has 0 aliphatic rings. The maximum absolute atomic E-state index is 12.5. The fourth-order valence-electron chi connectivity index (χ4n) is 3.48. The molecule has 0 saturated carbocycles. The second-order valence-electron chi connectivity index (χ2n) is 8.94. The van der Waals surface area contributed by atoms with E-state index in [4.69, 9.17) is 9.84 Å². The summed E-state index contributed by atoms with van der Waals surface area (Å²) < 4.78 is 44.7. The Bertz CT molecular complexity index is 601. The summed E-state index contributed by atoms with van der Waals surface area (Å²) in [5.41, 5.74) is -4.59. The first-order valence-corrected chi connectivity index (χ1v) is 15.3. The van der Waals surface area contributed by atoms with Crippen molar-refractivity contribution in [2.45, 2.75) is 114 Å². The van der Waals surface area contributed by atoms with Crippen LogP contribution in [0.2, 0.25) is 0 Å². The number of amides is 1. The molecule has 0 radical (unpaired) electrons. The van der Waals surface area contributed by atoms with Gasteiger partial charge in [0.1, 0.15) is 25.0 Å². The Balaban J connectivity index is 3.86. The van der Waals surface area contributed by atoms with E-state index in [2.05, 4.69) is 12.2 Å². The van der Waals surface area contributed by atoms with Crippen LogP contribution in [0, 0.1) is 0 Å². The zero-order chi connectivity index (χ0) is 27.8. The first kappa shape index (κ1) is 36.0. The van der Waals surface area contributed by atoms with Gasteiger partial charge in [0.25, 0.3) is 0 Å². The Morgan fingerprint density at radius 1 is 0.946 bits per heavy atom. The molecule has 0 heterocycles. The number of rotatable bonds is 25. The van der Waals surface area contributed by atoms with Crippen molar-refractivity contribution >= 4 is 41.9 Å². The standard InChI is InChI=1S/C25H45F3N2O5S2/c1-2-3-4-5-6-7-8-9-10-11-12-13-14-15-23(33)35-16-17-36-20-22(30-37-25(26,27)28)24(34)29-21(18-31)19-32/h18,21-22,30,32H,2-17,19-20H2,1H3,(H,29,34). The fourth-order valence-corrected chi connectivity index (χ4v) is 4.89. The predicted molar refractivity (Wildman–Crippen MR) is 144 cm³/mol. The van der Waals surface area contributed by atoms with Crippen molar-refractivity contribution in [2.75, 3.05) is 24.7 Å². The molecule has 1 amide bonds. The number of aliphatic hydroxyl groups excluding tert-OH is 1. The molecule has 0 fully saturated rings. The van der Waals surface area contributed by atoms with Crippen LogP contribution >= 0.6 is 23.7 Å². The molecule has 0 saturated heterocycles. The second-order valence-corrected chi connectivity index (χ2v) is 11.0. The van der Waals surface area contributed by atoms with Gasteiger partial charge in [0.2, 0.25) is 5.91 Å². The molecule has 12 heteroatoms. The van der Waals surface area contributed by atoms with E-state index >= 15 is 0 Å². The van der Waals surface area contributed by atoms with Crippen LogP contribution in [0.4, 0.5) is 13.2 Å². The highest BCUT2D eigenvalue weighted by Crippen LogP contribution is 2.28. The van der Waals surface area contributed by atoms with Gasteiger partial charge in [0, 0.05) is 29.9 Å². The molecule has 37 heavy (non-hydrogen) atoms. The molecule has 0 rings (SSSR count). The molecule has 7 nitrogen and oxygen atoms in total. The molecule has 2 atom stereocenters. The monoisotopic (exact) mass is 574 g/mol. The lowest BCUT2D eigenvalue weighted by atomic mass is 10.0. The Hall–Kier alpha value is -0.980. The second kappa shape index (κ2) is 24.1. The van der Waals surface area contributed by atoms with E-state index in [-0.39, 0.29) is 18.3 Å². The number of aliphatic hydroxyl groups is 1. The van der Waals surface area contributed by atoms with Crippen LogP contribution in [-0.2, 0) is 19.1 Å². The summed E-state index contributed by atoms with van der Waals surface area (Å²) in [4.78, 5) is 34.7. The van der Waals surface area contributed by atoms with Crippen LogP contribution in [0.3, 0.4) is 0 Å². The number of hydrogen-bond acceptors (Lipinski definition) is 8. The minimum atomic E-state index is -4.59. The van der Waals surface area contributed by atoms with E-state index in [1.165, 1.54) is 64.2 Å². The molecular formula is C25H45F3N2O5S2. The third-order valence-corrected chi connectivity index (χ3v) is 7.24. The van der Waals surface area contributed by atoms with Gasteiger partial charge in [0.15, 0.2) is 0 Å². The molecule has 0 aromatic heterocycles. The Morgan fingerprint density at radius 2 is 1.49 bits per heavy atom. The molecule has 218 valence electrons. The quantitative estimate of drug-likeness (QED) is 0.0565. The lowest BCUT2D eigenvalue weighted by Crippen LogP contribution is -2.49. The molecule has 0 bridgehead atoms. The van der Waals surface area contributed by atoms with Crippen molar-refractivity contribution in [3.63, 3.8) is 0 Å². The zero-order valence-corrected chi connectivity index (χ0v) is 23.6. The highest BCUT2D eigenvalue weighted by Gasteiger charge is 2.32. The number of thioether (sulfide) groups is 1. The number of esters is 1. The van der Waals surface area contributed by atoms with E-state index in [9.17, 15) is 27.6 Å². The summed E-state index contributed by atoms with van der Waals surface area (Å²) in [6, 6.07) is -2.45. The van der Waals surface area contributed by atoms with Gasteiger partial charge in [-0.25, -0.2) is 4.72 Å². The molecule has 0 aliphatic heterocycles. The van der Waals surface area contributed by atoms with E-state index in [1.54, 1.807) is 0 Å². The Labute approximate surface area is 228 Å². The van der Waals surface area contributed by atoms with Crippen molar-refractivity contribution in [3.05, 3.63) is 0 Å². The summed E-state index contributed by atoms with van der Waals surface area (Å²) in [6.45, 7) is 1.67. The van der Waals surface area contributed by atoms with Crippen LogP contribution in [0.15, 0.2) is 0 Å². The summed E-state index contributed by atoms with van der Waals surface area (Å²) in [7, 11) is 0. The SMILES string of the molecule is CCCCCCCCCCCCCCCC(=O)OCCSCC(NSC(F)(F)F)C(=O)NC(C=O)CO. The van der Waals surface area contributed by atoms with Crippen LogP contribution in [0.1, 0.15) is 96.8 Å². The smallest absolute Gasteiger partial charge is 0.456 e. The lowest BCUT2D eigenvalue weighted by Gasteiger charge is -2.20. The number of nitrogens with one attached hydrogen (secondary N) is 2. The van der Waals surface area contributed by atoms with E-state index in [0.29, 0.717) is 18.5 Å². The van der Waals surface area contributed by atoms with Crippen molar-refractivity contribution in [1.82, 2.24) is 10.0 Å². The maximum atomic E-state index is 12.5. The normalized spacial score (nSPS) is 13.2. The molecular weight excluding hydrogens is 529 g/mol. The number of alkyl halides is 3. The average Bonchev–Trinajstić information content (AvgIpc) is 2.86. The molecule has 0 spiro atoms. The maximum Gasteiger partial charge on any atom is 0.456 e. The first-order chi connectivity index (χ1) is 17.7. The summed E-state index contributed by atoms with van der Waals surface area (Å²) >= 11 is 0.583. The summed E-state index contributed by atoms with van der Waals surface area (Å²) in [6.07, 6.45) is 16.5. The van der Waals surface area contributed by atoms with Gasteiger partial charge in [-0.05, 0) is 6.42 Å². The highest BCUT2D eigenvalue weighted by molar-refractivity contribution is 7.99. The number of halogens is 3. The van der Waals surface area contributed by atoms with Crippen molar-refractivity contribution in [3.8, 4) is 0 Å². The summed E-state index contributed by atoms with van der Waals surface area (Å²) in [5.74, 6) is -0.873. The molecule has 0 aromatic carbocycles. The third-order valence-electron chi connectivity index (χ3n) is 5.58. The minimum absolute atomic E-state index is 0.0394. The molecule has 3 N–H and O–H groups in total. The number of unbranched alkanes of at least 4 members (excludes halogenated alkanes) is 12. The van der Waals surface area contributed by atoms with Crippen molar-refractivity contribution < 1.29 is 37.4 Å². The highest BCUT2D eigenvalue weighted by atomic mass is 32.2. The zero-order valence-electron chi connectivity index (χ0n) is 22.0. The molecule has 0 aromatic rings. The van der Waals surface area contributed by atoms with Crippen LogP contribution < -0.4 is 10.0 Å². The Kier molecular flexibility index (Phi) is 23.4. The number of carbonyl (C=O) groups excluding carboxylic acids is 3. The van der Waals surface area contributed by atoms with E-state index in [1.807, 2.05) is 4.72 Å². The van der Waals surface area contributed by atoms with Gasteiger partial charge in [-0.2, -0.15) is 24.9 Å². The number of hydrogen-bond donors (Lipinski definition) is 3. The van der Waals surface area contributed by atoms with Crippen molar-refractivity contribution in [1.29, 1.82) is 0 Å². The Morgan fingerprint density at radius 3 is 1.97 bits per heavy atom. The van der Waals surface area contributed by atoms with Gasteiger partial charge in [-0.15, -0.1) is 0 Å². The molecule has 0 aliphatic carbocycles. The van der Waals surface area contributed by atoms with Crippen LogP contribution in [0.25, 0.3) is 0 Å². The van der Waals surface area contributed by atoms with Gasteiger partial charge < -0.3 is 20.0 Å². The molecule has 2 unspecified atom stereocenters. The topological polar surface area (TPSA) is 105 Å². The van der Waals surface area contributed by atoms with Crippen molar-refractivity contribution in [2.24, 2.45) is 0 Å². The van der Waals surface area contributed by atoms with E-state index < -0.39 is 42.1 Å². The minimum Gasteiger partial charge on any atom is -0.465 e. The largest absolute Gasteiger partial charge is 0.465 e. The fraction of sp³-hybridized carbons (Fsp3) is 0.880. The third kappa shape index (κ3) is 23.8. The van der Waals surface area contributed by atoms with Crippen LogP contribution in [-0.4, -0.2) is 65.6 Å². The van der Waals surface area contributed by atoms with Gasteiger partial charge in [-0.3, -0.25) is 9.59 Å². The summed E-state index contributed by atoms with van der Waals surface area (Å²) in [5, 5.41) is 11.2. The van der Waals surface area contributed by atoms with Gasteiger partial charge in [0.05, 0.1) is 6.61 Å². The van der Waals surface area contributed by atoms with Crippen LogP contribution in [0.5, 0.6) is 0 Å². The lowest BCUT2D eigenvalue weighted by molar-refractivity contribution is -0.143. The number of ether oxygens (including phenoxy) is 1. The van der Waals surface area contributed by atoms with E-state index in [0.717, 1.165) is 31.0 Å². The first-order valence-electron chi connectivity index (χ1n) is 13.3. The predicted octanol–water partition coefficient (Wildman–Crippen LogP) is 5.55. The number of aldehydes is 1. The van der Waals surface area contributed by atoms with Gasteiger partial charge in [-0.1, -0.05) is 84.0 Å². The number of carbonyl (C=O) groups is 3. The average molecular weight is 575 g/mol.